The molecular weight excluding hydrogens is 400 g/mol. The molecule has 5 heteroatoms. The predicted molar refractivity (Wildman–Crippen MR) is 107 cm³/mol. The van der Waals surface area contributed by atoms with Crippen LogP contribution in [0.3, 0.4) is 0 Å². The number of rotatable bonds is 8. The molecule has 0 amide bonds. The first-order valence-corrected chi connectivity index (χ1v) is 9.95. The fourth-order valence-corrected chi connectivity index (χ4v) is 3.82. The van der Waals surface area contributed by atoms with Crippen LogP contribution in [0.15, 0.2) is 46.9 Å². The van der Waals surface area contributed by atoms with Crippen molar-refractivity contribution in [3.05, 3.63) is 63.1 Å². The minimum absolute atomic E-state index is 0.522. The minimum atomic E-state index is 0.522. The van der Waals surface area contributed by atoms with Crippen LogP contribution in [0.1, 0.15) is 17.5 Å². The molecule has 0 spiro atoms. The molecule has 3 nitrogen and oxygen atoms in total. The van der Waals surface area contributed by atoms with Crippen molar-refractivity contribution in [2.24, 2.45) is 5.92 Å². The largest absolute Gasteiger partial charge is 0.489 e. The Bertz CT molecular complexity index is 689. The maximum absolute atomic E-state index is 5.98. The Morgan fingerprint density at radius 2 is 2.16 bits per heavy atom. The van der Waals surface area contributed by atoms with Crippen LogP contribution in [0.25, 0.3) is 0 Å². The van der Waals surface area contributed by atoms with E-state index in [1.165, 1.54) is 12.0 Å². The minimum Gasteiger partial charge on any atom is -0.489 e. The number of hydrogen-bond donors (Lipinski definition) is 2. The lowest BCUT2D eigenvalue weighted by molar-refractivity contribution is 0.305. The fraction of sp³-hybridized carbons (Fsp3) is 0.400. The van der Waals surface area contributed by atoms with Crippen molar-refractivity contribution in [1.29, 1.82) is 0 Å². The van der Waals surface area contributed by atoms with Crippen LogP contribution < -0.4 is 15.4 Å². The van der Waals surface area contributed by atoms with Crippen molar-refractivity contribution in [2.45, 2.75) is 19.4 Å². The Morgan fingerprint density at radius 1 is 1.24 bits per heavy atom. The molecule has 0 bridgehead atoms. The molecule has 2 aromatic rings. The summed E-state index contributed by atoms with van der Waals surface area (Å²) in [6, 6.07) is 14.1. The zero-order valence-corrected chi connectivity index (χ0v) is 16.6. The second kappa shape index (κ2) is 9.58. The number of benzene rings is 2. The van der Waals surface area contributed by atoms with E-state index in [1.54, 1.807) is 0 Å². The normalized spacial score (nSPS) is 17.0. The van der Waals surface area contributed by atoms with Gasteiger partial charge in [-0.25, -0.2) is 0 Å². The summed E-state index contributed by atoms with van der Waals surface area (Å²) in [5.74, 6) is 1.69. The van der Waals surface area contributed by atoms with Gasteiger partial charge in [0.2, 0.25) is 0 Å². The van der Waals surface area contributed by atoms with Gasteiger partial charge in [-0.05, 0) is 74.8 Å². The third-order valence-electron chi connectivity index (χ3n) is 4.49. The van der Waals surface area contributed by atoms with Crippen LogP contribution in [0.2, 0.25) is 5.02 Å². The molecule has 25 heavy (non-hydrogen) atoms. The number of ether oxygens (including phenoxy) is 1. The standard InChI is InChI=1S/C20H24BrClN2O/c21-20-11-18(22)5-4-17(20)14-25-19-3-1-2-15(10-19)6-8-23-12-16-7-9-24-13-16/h1-5,10-11,16,23-24H,6-9,12-14H2. The Balaban J connectivity index is 1.45. The van der Waals surface area contributed by atoms with Crippen LogP contribution in [0.5, 0.6) is 5.75 Å². The number of nitrogens with one attached hydrogen (secondary N) is 2. The second-order valence-electron chi connectivity index (χ2n) is 6.48. The summed E-state index contributed by atoms with van der Waals surface area (Å²) in [6.45, 7) is 4.94. The molecule has 1 unspecified atom stereocenters. The molecule has 1 aliphatic rings. The van der Waals surface area contributed by atoms with Crippen LogP contribution in [-0.4, -0.2) is 26.2 Å². The van der Waals surface area contributed by atoms with E-state index >= 15 is 0 Å². The SMILES string of the molecule is Clc1ccc(COc2cccc(CCNCC3CCNC3)c2)c(Br)c1. The summed E-state index contributed by atoms with van der Waals surface area (Å²) in [5.41, 5.74) is 2.38. The van der Waals surface area contributed by atoms with Crippen molar-refractivity contribution >= 4 is 27.5 Å². The Morgan fingerprint density at radius 3 is 2.96 bits per heavy atom. The van der Waals surface area contributed by atoms with Crippen molar-refractivity contribution in [2.75, 3.05) is 26.2 Å². The molecule has 134 valence electrons. The summed E-state index contributed by atoms with van der Waals surface area (Å²) in [7, 11) is 0. The van der Waals surface area contributed by atoms with Crippen LogP contribution >= 0.6 is 27.5 Å². The van der Waals surface area contributed by atoms with Crippen LogP contribution in [-0.2, 0) is 13.0 Å². The van der Waals surface area contributed by atoms with Gasteiger partial charge in [-0.3, -0.25) is 0 Å². The quantitative estimate of drug-likeness (QED) is 0.617. The van der Waals surface area contributed by atoms with Gasteiger partial charge in [-0.15, -0.1) is 0 Å². The molecule has 0 aromatic heterocycles. The molecule has 1 saturated heterocycles. The van der Waals surface area contributed by atoms with Gasteiger partial charge >= 0.3 is 0 Å². The average Bonchev–Trinajstić information content (AvgIpc) is 3.12. The molecular formula is C20H24BrClN2O. The topological polar surface area (TPSA) is 33.3 Å². The lowest BCUT2D eigenvalue weighted by Crippen LogP contribution is -2.26. The van der Waals surface area contributed by atoms with E-state index in [4.69, 9.17) is 16.3 Å². The lowest BCUT2D eigenvalue weighted by Gasteiger charge is -2.11. The zero-order valence-electron chi connectivity index (χ0n) is 14.2. The molecule has 3 rings (SSSR count). The fourth-order valence-electron chi connectivity index (χ4n) is 3.02. The molecule has 2 N–H and O–H groups in total. The summed E-state index contributed by atoms with van der Waals surface area (Å²) in [5, 5.41) is 7.69. The first-order valence-electron chi connectivity index (χ1n) is 8.78. The Labute approximate surface area is 163 Å². The molecule has 0 aliphatic carbocycles. The van der Waals surface area contributed by atoms with E-state index in [0.717, 1.165) is 59.3 Å². The summed E-state index contributed by atoms with van der Waals surface area (Å²) in [6.07, 6.45) is 2.30. The highest BCUT2D eigenvalue weighted by molar-refractivity contribution is 9.10. The van der Waals surface area contributed by atoms with Crippen molar-refractivity contribution in [1.82, 2.24) is 10.6 Å². The highest BCUT2D eigenvalue weighted by Gasteiger charge is 2.13. The molecule has 1 fully saturated rings. The molecule has 1 atom stereocenters. The second-order valence-corrected chi connectivity index (χ2v) is 7.78. The molecule has 0 radical (unpaired) electrons. The Kier molecular flexibility index (Phi) is 7.17. The van der Waals surface area contributed by atoms with Crippen LogP contribution in [0, 0.1) is 5.92 Å². The van der Waals surface area contributed by atoms with Gasteiger partial charge in [0.15, 0.2) is 0 Å². The Hall–Kier alpha value is -1.07. The summed E-state index contributed by atoms with van der Waals surface area (Å²) < 4.78 is 6.91. The molecule has 1 heterocycles. The highest BCUT2D eigenvalue weighted by Crippen LogP contribution is 2.23. The van der Waals surface area contributed by atoms with Gasteiger partial charge in [0, 0.05) is 15.1 Å². The predicted octanol–water partition coefficient (Wildman–Crippen LogP) is 4.42. The average molecular weight is 424 g/mol. The van der Waals surface area contributed by atoms with E-state index in [9.17, 15) is 0 Å². The third-order valence-corrected chi connectivity index (χ3v) is 5.47. The van der Waals surface area contributed by atoms with E-state index in [2.05, 4.69) is 44.8 Å². The van der Waals surface area contributed by atoms with Crippen molar-refractivity contribution in [3.8, 4) is 5.75 Å². The monoisotopic (exact) mass is 422 g/mol. The number of halogens is 2. The van der Waals surface area contributed by atoms with E-state index < -0.39 is 0 Å². The highest BCUT2D eigenvalue weighted by atomic mass is 79.9. The maximum atomic E-state index is 5.98. The zero-order chi connectivity index (χ0) is 17.5. The van der Waals surface area contributed by atoms with E-state index in [1.807, 2.05) is 24.3 Å². The number of hydrogen-bond acceptors (Lipinski definition) is 3. The van der Waals surface area contributed by atoms with E-state index in [0.29, 0.717) is 6.61 Å². The van der Waals surface area contributed by atoms with Crippen molar-refractivity contribution < 1.29 is 4.74 Å². The molecule has 2 aromatic carbocycles. The van der Waals surface area contributed by atoms with Gasteiger partial charge in [-0.2, -0.15) is 0 Å². The first kappa shape index (κ1) is 18.7. The first-order chi connectivity index (χ1) is 12.2. The van der Waals surface area contributed by atoms with Crippen molar-refractivity contribution in [3.63, 3.8) is 0 Å². The molecule has 0 saturated carbocycles. The summed E-state index contributed by atoms with van der Waals surface area (Å²) >= 11 is 9.50. The van der Waals surface area contributed by atoms with E-state index in [-0.39, 0.29) is 0 Å². The lowest BCUT2D eigenvalue weighted by atomic mass is 10.1. The third kappa shape index (κ3) is 6.00. The van der Waals surface area contributed by atoms with Gasteiger partial charge in [0.1, 0.15) is 12.4 Å². The maximum Gasteiger partial charge on any atom is 0.120 e. The summed E-state index contributed by atoms with van der Waals surface area (Å²) in [4.78, 5) is 0. The van der Waals surface area contributed by atoms with Gasteiger partial charge in [-0.1, -0.05) is 45.7 Å². The van der Waals surface area contributed by atoms with Gasteiger partial charge in [0.05, 0.1) is 0 Å². The smallest absolute Gasteiger partial charge is 0.120 e. The van der Waals surface area contributed by atoms with Gasteiger partial charge in [0.25, 0.3) is 0 Å². The van der Waals surface area contributed by atoms with Crippen LogP contribution in [0.4, 0.5) is 0 Å². The molecule has 1 aliphatic heterocycles. The van der Waals surface area contributed by atoms with Gasteiger partial charge < -0.3 is 15.4 Å².